The predicted molar refractivity (Wildman–Crippen MR) is 111 cm³/mol. The van der Waals surface area contributed by atoms with Gasteiger partial charge >= 0.3 is 0 Å². The van der Waals surface area contributed by atoms with Gasteiger partial charge in [0.05, 0.1) is 0 Å². The van der Waals surface area contributed by atoms with Gasteiger partial charge in [-0.2, -0.15) is 0 Å². The van der Waals surface area contributed by atoms with Crippen molar-refractivity contribution < 1.29 is 23.7 Å². The van der Waals surface area contributed by atoms with E-state index in [9.17, 15) is 0 Å². The maximum absolute atomic E-state index is 4.83. The van der Waals surface area contributed by atoms with Crippen LogP contribution < -0.4 is 0 Å². The number of hydrogen-bond donors (Lipinski definition) is 0. The third-order valence-corrected chi connectivity index (χ3v) is 2.04. The Morgan fingerprint density at radius 3 is 0.320 bits per heavy atom. The van der Waals surface area contributed by atoms with E-state index in [0.717, 1.165) is 66.1 Å². The first-order valence-corrected chi connectivity index (χ1v) is 9.96. The van der Waals surface area contributed by atoms with Crippen molar-refractivity contribution in [1.82, 2.24) is 0 Å². The number of rotatable bonds is 10. The van der Waals surface area contributed by atoms with Gasteiger partial charge in [0, 0.05) is 66.1 Å². The molecule has 0 spiro atoms. The average Bonchev–Trinajstić information content (AvgIpc) is 2.61. The Morgan fingerprint density at radius 2 is 0.320 bits per heavy atom. The van der Waals surface area contributed by atoms with Gasteiger partial charge in [-0.15, -0.1) is 0 Å². The fourth-order valence-corrected chi connectivity index (χ4v) is 1.02. The lowest BCUT2D eigenvalue weighted by Crippen LogP contribution is -1.84. The van der Waals surface area contributed by atoms with Crippen molar-refractivity contribution in [3.63, 3.8) is 0 Å². The van der Waals surface area contributed by atoms with Crippen LogP contribution in [0.4, 0.5) is 0 Å². The van der Waals surface area contributed by atoms with E-state index in [1.165, 1.54) is 0 Å². The van der Waals surface area contributed by atoms with Crippen LogP contribution in [0.15, 0.2) is 0 Å². The Bertz CT molecular complexity index is 90.4. The molecule has 0 unspecified atom stereocenters. The third kappa shape index (κ3) is 118. The molecule has 0 aliphatic rings. The van der Waals surface area contributed by atoms with Gasteiger partial charge in [-0.05, 0) is 69.2 Å². The van der Waals surface area contributed by atoms with Crippen molar-refractivity contribution in [1.29, 1.82) is 0 Å². The summed E-state index contributed by atoms with van der Waals surface area (Å²) in [5, 5.41) is 0. The zero-order valence-corrected chi connectivity index (χ0v) is 19.1. The fraction of sp³-hybridized carbons (Fsp3) is 1.00. The largest absolute Gasteiger partial charge is 0.382 e. The van der Waals surface area contributed by atoms with Crippen molar-refractivity contribution in [2.24, 2.45) is 0 Å². The highest BCUT2D eigenvalue weighted by molar-refractivity contribution is 4.09. The Morgan fingerprint density at radius 1 is 0.240 bits per heavy atom. The van der Waals surface area contributed by atoms with E-state index < -0.39 is 0 Å². The summed E-state index contributed by atoms with van der Waals surface area (Å²) >= 11 is 0. The van der Waals surface area contributed by atoms with E-state index >= 15 is 0 Å². The number of ether oxygens (including phenoxy) is 5. The molecule has 0 aliphatic carbocycles. The highest BCUT2D eigenvalue weighted by Crippen LogP contribution is 1.66. The van der Waals surface area contributed by atoms with Crippen LogP contribution in [0.1, 0.15) is 69.2 Å². The molecule has 0 fully saturated rings. The summed E-state index contributed by atoms with van der Waals surface area (Å²) in [6, 6.07) is 0. The highest BCUT2D eigenvalue weighted by Gasteiger charge is 1.65. The van der Waals surface area contributed by atoms with Crippen LogP contribution in [0, 0.1) is 0 Å². The molecule has 5 heteroatoms. The molecule has 0 saturated heterocycles. The minimum absolute atomic E-state index is 0.844. The van der Waals surface area contributed by atoms with Crippen LogP contribution in [0.3, 0.4) is 0 Å². The van der Waals surface area contributed by atoms with Gasteiger partial charge in [0.2, 0.25) is 0 Å². The molecule has 160 valence electrons. The molecule has 0 aromatic rings. The highest BCUT2D eigenvalue weighted by atomic mass is 16.5. The van der Waals surface area contributed by atoms with Crippen molar-refractivity contribution in [3.8, 4) is 0 Å². The molecule has 0 N–H and O–H groups in total. The molecule has 0 aromatic carbocycles. The van der Waals surface area contributed by atoms with Crippen LogP contribution in [0.5, 0.6) is 0 Å². The molecule has 25 heavy (non-hydrogen) atoms. The molecule has 0 radical (unpaired) electrons. The van der Waals surface area contributed by atoms with Crippen molar-refractivity contribution >= 4 is 0 Å². The van der Waals surface area contributed by atoms with Crippen LogP contribution >= 0.6 is 0 Å². The lowest BCUT2D eigenvalue weighted by Gasteiger charge is -1.86. The van der Waals surface area contributed by atoms with Crippen LogP contribution in [0.25, 0.3) is 0 Å². The molecule has 0 amide bonds. The monoisotopic (exact) mass is 370 g/mol. The van der Waals surface area contributed by atoms with Crippen LogP contribution in [-0.4, -0.2) is 66.1 Å². The average molecular weight is 371 g/mol. The Labute approximate surface area is 159 Å². The zero-order valence-electron chi connectivity index (χ0n) is 19.1. The second-order valence-electron chi connectivity index (χ2n) is 3.91. The summed E-state index contributed by atoms with van der Waals surface area (Å²) in [6.45, 7) is 28.3. The standard InChI is InChI=1S/5C4H10O/c5*1-3-5-4-2/h5*3-4H2,1-2H3. The van der Waals surface area contributed by atoms with Gasteiger partial charge in [-0.25, -0.2) is 0 Å². The maximum Gasteiger partial charge on any atom is 0.0437 e. The van der Waals surface area contributed by atoms with Gasteiger partial charge in [-0.3, -0.25) is 0 Å². The summed E-state index contributed by atoms with van der Waals surface area (Å²) in [7, 11) is 0. The minimum Gasteiger partial charge on any atom is -0.382 e. The van der Waals surface area contributed by atoms with Crippen molar-refractivity contribution in [2.75, 3.05) is 66.1 Å². The van der Waals surface area contributed by atoms with Crippen LogP contribution in [-0.2, 0) is 23.7 Å². The first-order valence-electron chi connectivity index (χ1n) is 9.96. The first-order chi connectivity index (χ1) is 12.1. The summed E-state index contributed by atoms with van der Waals surface area (Å²) in [6.07, 6.45) is 0. The van der Waals surface area contributed by atoms with E-state index in [0.29, 0.717) is 0 Å². The van der Waals surface area contributed by atoms with Gasteiger partial charge in [-0.1, -0.05) is 0 Å². The quantitative estimate of drug-likeness (QED) is 0.528. The third-order valence-electron chi connectivity index (χ3n) is 2.04. The molecule has 0 bridgehead atoms. The van der Waals surface area contributed by atoms with Gasteiger partial charge in [0.15, 0.2) is 0 Å². The van der Waals surface area contributed by atoms with Gasteiger partial charge in [0.25, 0.3) is 0 Å². The molecular formula is C20H50O5. The molecule has 0 rings (SSSR count). The molecule has 0 heterocycles. The zero-order chi connectivity index (χ0) is 20.6. The van der Waals surface area contributed by atoms with E-state index in [2.05, 4.69) is 0 Å². The molecule has 0 aliphatic heterocycles. The topological polar surface area (TPSA) is 46.2 Å². The van der Waals surface area contributed by atoms with E-state index in [1.807, 2.05) is 69.2 Å². The van der Waals surface area contributed by atoms with E-state index in [4.69, 9.17) is 23.7 Å². The molecule has 0 aromatic heterocycles. The van der Waals surface area contributed by atoms with Gasteiger partial charge in [0.1, 0.15) is 0 Å². The second kappa shape index (κ2) is 56.5. The van der Waals surface area contributed by atoms with Gasteiger partial charge < -0.3 is 23.7 Å². The lowest BCUT2D eigenvalue weighted by atomic mass is 10.8. The summed E-state index contributed by atoms with van der Waals surface area (Å²) in [5.74, 6) is 0. The fourth-order valence-electron chi connectivity index (χ4n) is 1.02. The minimum atomic E-state index is 0.844. The van der Waals surface area contributed by atoms with Crippen molar-refractivity contribution in [2.45, 2.75) is 69.2 Å². The Hall–Kier alpha value is -0.200. The maximum atomic E-state index is 4.83. The Balaban J connectivity index is -0.0000000667. The first kappa shape index (κ1) is 35.8. The predicted octanol–water partition coefficient (Wildman–Crippen LogP) is 5.21. The molecule has 5 nitrogen and oxygen atoms in total. The van der Waals surface area contributed by atoms with E-state index in [-0.39, 0.29) is 0 Å². The number of hydrogen-bond acceptors (Lipinski definition) is 5. The lowest BCUT2D eigenvalue weighted by molar-refractivity contribution is 0.162. The molecule has 0 saturated carbocycles. The molecular weight excluding hydrogens is 320 g/mol. The molecule has 0 atom stereocenters. The summed E-state index contributed by atoms with van der Waals surface area (Å²) in [4.78, 5) is 0. The summed E-state index contributed by atoms with van der Waals surface area (Å²) < 4.78 is 24.2. The second-order valence-corrected chi connectivity index (χ2v) is 3.91. The normalized spacial score (nSPS) is 8.40. The van der Waals surface area contributed by atoms with Crippen LogP contribution in [0.2, 0.25) is 0 Å². The summed E-state index contributed by atoms with van der Waals surface area (Å²) in [5.41, 5.74) is 0. The Kier molecular flexibility index (Phi) is 81.0. The SMILES string of the molecule is CCOCC.CCOCC.CCOCC.CCOCC.CCOCC. The van der Waals surface area contributed by atoms with E-state index in [1.54, 1.807) is 0 Å². The smallest absolute Gasteiger partial charge is 0.0437 e. The van der Waals surface area contributed by atoms with Crippen molar-refractivity contribution in [3.05, 3.63) is 0 Å².